The molecule has 2 aromatic rings. The van der Waals surface area contributed by atoms with Crippen LogP contribution in [0.5, 0.6) is 11.5 Å². The molecule has 2 aromatic carbocycles. The smallest absolute Gasteiger partial charge is 0.420 e. The number of alkyl halides is 3. The Hall–Kier alpha value is -1.75. The van der Waals surface area contributed by atoms with Crippen molar-refractivity contribution in [2.24, 2.45) is 0 Å². The molecule has 0 atom stereocenters. The topological polar surface area (TPSA) is 86.5 Å². The molecule has 0 amide bonds. The fourth-order valence-electron chi connectivity index (χ4n) is 1.59. The van der Waals surface area contributed by atoms with Gasteiger partial charge in [0.2, 0.25) is 0 Å². The molecular weight excluding hydrogens is 446 g/mol. The molecule has 0 aliphatic heterocycles. The summed E-state index contributed by atoms with van der Waals surface area (Å²) in [6.07, 6.45) is -4.79. The van der Waals surface area contributed by atoms with Gasteiger partial charge in [0.1, 0.15) is 17.1 Å². The molecule has 0 unspecified atom stereocenters. The number of benzene rings is 2. The van der Waals surface area contributed by atoms with E-state index in [1.165, 1.54) is 12.1 Å². The van der Waals surface area contributed by atoms with Crippen molar-refractivity contribution in [3.63, 3.8) is 0 Å². The van der Waals surface area contributed by atoms with Gasteiger partial charge in [0.15, 0.2) is 0 Å². The third-order valence-corrected chi connectivity index (χ3v) is 2.85. The lowest BCUT2D eigenvalue weighted by Gasteiger charge is -2.14. The number of halogens is 6. The van der Waals surface area contributed by atoms with E-state index < -0.39 is 36.4 Å². The minimum absolute atomic E-state index is 0.0264. The number of rotatable bonds is 3. The van der Waals surface area contributed by atoms with E-state index in [0.717, 1.165) is 12.1 Å². The molecule has 0 bridgehead atoms. The first kappa shape index (κ1) is 22.3. The predicted octanol–water partition coefficient (Wildman–Crippen LogP) is 5.77. The maximum Gasteiger partial charge on any atom is 0.420 e. The highest BCUT2D eigenvalue weighted by Gasteiger charge is 2.36. The molecule has 142 valence electrons. The van der Waals surface area contributed by atoms with Crippen LogP contribution >= 0.6 is 33.0 Å². The predicted molar refractivity (Wildman–Crippen MR) is 90.3 cm³/mol. The number of nitrogens with zero attached hydrogens (tertiary/aromatic N) is 1. The van der Waals surface area contributed by atoms with Gasteiger partial charge in [-0.15, -0.1) is 0 Å². The highest BCUT2D eigenvalue weighted by atomic mass is 36.0. The average molecular weight is 453 g/mol. The van der Waals surface area contributed by atoms with E-state index in [-0.39, 0.29) is 10.8 Å². The number of nitro benzene ring substituents is 1. The van der Waals surface area contributed by atoms with E-state index in [1.54, 1.807) is 12.1 Å². The summed E-state index contributed by atoms with van der Waals surface area (Å²) in [6, 6.07) is 8.23. The first-order valence-corrected chi connectivity index (χ1v) is 9.72. The van der Waals surface area contributed by atoms with E-state index in [2.05, 4.69) is 21.4 Å². The second-order valence-corrected chi connectivity index (χ2v) is 8.42. The molecule has 6 nitrogen and oxygen atoms in total. The standard InChI is InChI=1S/C13H7ClF3NO3.Cl2O2S/c14-10-3-1-2-4-12(10)21-11-6-5-8(18(19)20)7-9(11)13(15,16)17;1-5(2,3)4/h1-7H;. The zero-order chi connectivity index (χ0) is 20.1. The Labute approximate surface area is 159 Å². The van der Waals surface area contributed by atoms with Crippen molar-refractivity contribution in [1.82, 2.24) is 0 Å². The van der Waals surface area contributed by atoms with E-state index in [1.807, 2.05) is 0 Å². The molecule has 2 rings (SSSR count). The number of hydrogen-bond acceptors (Lipinski definition) is 5. The summed E-state index contributed by atoms with van der Waals surface area (Å²) in [4.78, 5) is 9.67. The monoisotopic (exact) mass is 451 g/mol. The molecule has 13 heteroatoms. The fraction of sp³-hybridized carbons (Fsp3) is 0.0769. The van der Waals surface area contributed by atoms with Gasteiger partial charge in [-0.05, 0) is 18.2 Å². The van der Waals surface area contributed by atoms with Crippen LogP contribution in [-0.2, 0) is 14.4 Å². The van der Waals surface area contributed by atoms with Crippen LogP contribution in [0, 0.1) is 10.1 Å². The molecule has 0 aliphatic rings. The van der Waals surface area contributed by atoms with E-state index in [9.17, 15) is 23.3 Å². The molecule has 0 radical (unpaired) electrons. The minimum atomic E-state index is -4.79. The van der Waals surface area contributed by atoms with Gasteiger partial charge < -0.3 is 4.74 Å². The van der Waals surface area contributed by atoms with Gasteiger partial charge in [-0.1, -0.05) is 23.7 Å². The van der Waals surface area contributed by atoms with Crippen LogP contribution in [0.4, 0.5) is 18.9 Å². The average Bonchev–Trinajstić information content (AvgIpc) is 2.47. The normalized spacial score (nSPS) is 11.3. The van der Waals surface area contributed by atoms with Crippen LogP contribution in [0.2, 0.25) is 5.02 Å². The molecule has 0 saturated heterocycles. The minimum Gasteiger partial charge on any atom is -0.455 e. The van der Waals surface area contributed by atoms with Gasteiger partial charge in [-0.2, -0.15) is 21.6 Å². The van der Waals surface area contributed by atoms with Gasteiger partial charge in [0.25, 0.3) is 5.69 Å². The maximum atomic E-state index is 13.0. The quantitative estimate of drug-likeness (QED) is 0.335. The first-order chi connectivity index (χ1) is 11.8. The lowest BCUT2D eigenvalue weighted by molar-refractivity contribution is -0.385. The Bertz CT molecular complexity index is 898. The Morgan fingerprint density at radius 2 is 1.58 bits per heavy atom. The number of hydrogen-bond donors (Lipinski definition) is 0. The number of non-ortho nitro benzene ring substituents is 1. The van der Waals surface area contributed by atoms with Crippen LogP contribution in [0.3, 0.4) is 0 Å². The van der Waals surface area contributed by atoms with Crippen molar-refractivity contribution in [3.8, 4) is 11.5 Å². The molecule has 0 heterocycles. The zero-order valence-corrected chi connectivity index (χ0v) is 15.3. The summed E-state index contributed by atoms with van der Waals surface area (Å²) >= 11 is 5.81. The molecule has 0 saturated carbocycles. The van der Waals surface area contributed by atoms with Crippen molar-refractivity contribution in [2.45, 2.75) is 6.18 Å². The largest absolute Gasteiger partial charge is 0.455 e. The van der Waals surface area contributed by atoms with Crippen molar-refractivity contribution in [2.75, 3.05) is 0 Å². The molecule has 0 aliphatic carbocycles. The fourth-order valence-corrected chi connectivity index (χ4v) is 1.76. The summed E-state index contributed by atoms with van der Waals surface area (Å²) in [5.74, 6) is -0.528. The molecule has 26 heavy (non-hydrogen) atoms. The first-order valence-electron chi connectivity index (χ1n) is 6.21. The van der Waals surface area contributed by atoms with E-state index in [4.69, 9.17) is 24.8 Å². The Morgan fingerprint density at radius 3 is 2.04 bits per heavy atom. The Kier molecular flexibility index (Phi) is 7.51. The highest BCUT2D eigenvalue weighted by molar-refractivity contribution is 8.31. The van der Waals surface area contributed by atoms with Crippen LogP contribution < -0.4 is 4.74 Å². The highest BCUT2D eigenvalue weighted by Crippen LogP contribution is 2.41. The third kappa shape index (κ3) is 7.65. The molecule has 0 spiro atoms. The van der Waals surface area contributed by atoms with Gasteiger partial charge in [0, 0.05) is 33.5 Å². The zero-order valence-electron chi connectivity index (χ0n) is 12.2. The van der Waals surface area contributed by atoms with Crippen LogP contribution in [0.25, 0.3) is 0 Å². The van der Waals surface area contributed by atoms with Crippen molar-refractivity contribution in [1.29, 1.82) is 0 Å². The third-order valence-electron chi connectivity index (χ3n) is 2.54. The van der Waals surface area contributed by atoms with Crippen LogP contribution in [-0.4, -0.2) is 13.3 Å². The van der Waals surface area contributed by atoms with E-state index in [0.29, 0.717) is 6.07 Å². The molecule has 0 aromatic heterocycles. The van der Waals surface area contributed by atoms with E-state index >= 15 is 0 Å². The lowest BCUT2D eigenvalue weighted by atomic mass is 10.1. The van der Waals surface area contributed by atoms with Crippen LogP contribution in [0.1, 0.15) is 5.56 Å². The SMILES string of the molecule is O=S(=O)(Cl)Cl.O=[N+]([O-])c1ccc(Oc2ccccc2Cl)c(C(F)(F)F)c1. The Morgan fingerprint density at radius 1 is 1.04 bits per heavy atom. The lowest BCUT2D eigenvalue weighted by Crippen LogP contribution is -2.08. The van der Waals surface area contributed by atoms with Gasteiger partial charge in [-0.25, -0.2) is 0 Å². The molecular formula is C13H7Cl3F3NO5S. The van der Waals surface area contributed by atoms with Gasteiger partial charge in [0.05, 0.1) is 9.95 Å². The number of ether oxygens (including phenoxy) is 1. The molecule has 0 N–H and O–H groups in total. The van der Waals surface area contributed by atoms with Crippen molar-refractivity contribution in [3.05, 3.63) is 63.2 Å². The Balaban J connectivity index is 0.000000597. The van der Waals surface area contributed by atoms with Crippen LogP contribution in [0.15, 0.2) is 42.5 Å². The second-order valence-electron chi connectivity index (χ2n) is 4.35. The number of nitro groups is 1. The molecule has 0 fully saturated rings. The van der Waals surface area contributed by atoms with Gasteiger partial charge >= 0.3 is 14.4 Å². The summed E-state index contributed by atoms with van der Waals surface area (Å²) in [5, 5.41) is 10.7. The van der Waals surface area contributed by atoms with Gasteiger partial charge in [-0.3, -0.25) is 10.1 Å². The van der Waals surface area contributed by atoms with Crippen molar-refractivity contribution >= 4 is 46.9 Å². The summed E-state index contributed by atoms with van der Waals surface area (Å²) in [5.41, 5.74) is -1.91. The van der Waals surface area contributed by atoms with Crippen molar-refractivity contribution < 1.29 is 31.2 Å². The summed E-state index contributed by atoms with van der Waals surface area (Å²) in [7, 11) is 4.81. The maximum absolute atomic E-state index is 13.0. The second kappa shape index (κ2) is 8.76. The summed E-state index contributed by atoms with van der Waals surface area (Å²) < 4.78 is 62.3. The summed E-state index contributed by atoms with van der Waals surface area (Å²) in [6.45, 7) is 0. The number of para-hydroxylation sites is 1.